The lowest BCUT2D eigenvalue weighted by Crippen LogP contribution is -2.30. The maximum absolute atomic E-state index is 12.7. The maximum atomic E-state index is 12.7. The Morgan fingerprint density at radius 2 is 1.96 bits per heavy atom. The summed E-state index contributed by atoms with van der Waals surface area (Å²) in [6.07, 6.45) is 2.80. The van der Waals surface area contributed by atoms with Crippen LogP contribution in [0.25, 0.3) is 11.3 Å². The molecule has 132 valence electrons. The lowest BCUT2D eigenvalue weighted by atomic mass is 10.2. The fraction of sp³-hybridized carbons (Fsp3) is 0.200. The highest BCUT2D eigenvalue weighted by atomic mass is 79.9. The summed E-state index contributed by atoms with van der Waals surface area (Å²) in [5.41, 5.74) is 4.45. The zero-order chi connectivity index (χ0) is 18.1. The van der Waals surface area contributed by atoms with Gasteiger partial charge in [-0.15, -0.1) is 0 Å². The Labute approximate surface area is 165 Å². The summed E-state index contributed by atoms with van der Waals surface area (Å²) in [5, 5.41) is 0.851. The molecule has 2 heterocycles. The Hall–Kier alpha value is -2.05. The molecular formula is C20H18BrN3OS. The van der Waals surface area contributed by atoms with Gasteiger partial charge in [0, 0.05) is 23.8 Å². The number of nitrogens with zero attached hydrogens (tertiary/aromatic N) is 3. The van der Waals surface area contributed by atoms with Crippen molar-refractivity contribution in [2.24, 2.45) is 7.05 Å². The van der Waals surface area contributed by atoms with Crippen molar-refractivity contribution in [3.8, 4) is 11.3 Å². The zero-order valence-electron chi connectivity index (χ0n) is 14.4. The molecule has 6 heteroatoms. The molecule has 0 N–H and O–H groups in total. The summed E-state index contributed by atoms with van der Waals surface area (Å²) >= 11 is 4.94. The zero-order valence-corrected chi connectivity index (χ0v) is 16.8. The predicted octanol–water partition coefficient (Wildman–Crippen LogP) is 4.53. The molecular weight excluding hydrogens is 410 g/mol. The number of thioether (sulfide) groups is 1. The highest BCUT2D eigenvalue weighted by Crippen LogP contribution is 2.30. The van der Waals surface area contributed by atoms with E-state index in [0.29, 0.717) is 5.75 Å². The van der Waals surface area contributed by atoms with Gasteiger partial charge >= 0.3 is 0 Å². The number of hydrogen-bond acceptors (Lipinski definition) is 3. The van der Waals surface area contributed by atoms with Crippen molar-refractivity contribution in [3.63, 3.8) is 0 Å². The van der Waals surface area contributed by atoms with E-state index in [2.05, 4.69) is 39.1 Å². The van der Waals surface area contributed by atoms with E-state index in [1.165, 1.54) is 17.3 Å². The molecule has 2 aromatic carbocycles. The van der Waals surface area contributed by atoms with Gasteiger partial charge in [-0.25, -0.2) is 4.98 Å². The summed E-state index contributed by atoms with van der Waals surface area (Å²) in [6, 6.07) is 16.3. The second-order valence-electron chi connectivity index (χ2n) is 6.20. The third-order valence-electron chi connectivity index (χ3n) is 4.60. The van der Waals surface area contributed by atoms with E-state index in [1.807, 2.05) is 53.0 Å². The molecule has 26 heavy (non-hydrogen) atoms. The molecule has 0 atom stereocenters. The number of aromatic nitrogens is 2. The summed E-state index contributed by atoms with van der Waals surface area (Å²) in [6.45, 7) is 0.767. The van der Waals surface area contributed by atoms with Gasteiger partial charge in [-0.3, -0.25) is 4.79 Å². The third kappa shape index (κ3) is 3.31. The fourth-order valence-electron chi connectivity index (χ4n) is 3.22. The number of anilines is 1. The lowest BCUT2D eigenvalue weighted by molar-refractivity contribution is -0.116. The van der Waals surface area contributed by atoms with Crippen molar-refractivity contribution < 1.29 is 4.79 Å². The number of rotatable bonds is 4. The molecule has 0 saturated carbocycles. The normalized spacial score (nSPS) is 13.1. The fourth-order valence-corrected chi connectivity index (χ4v) is 4.31. The molecule has 0 aliphatic carbocycles. The molecule has 1 aliphatic rings. The number of carbonyl (C=O) groups excluding carboxylic acids is 1. The molecule has 0 radical (unpaired) electrons. The number of imidazole rings is 1. The molecule has 3 aromatic rings. The first-order chi connectivity index (χ1) is 12.6. The molecule has 0 saturated heterocycles. The highest BCUT2D eigenvalue weighted by Gasteiger charge is 2.24. The summed E-state index contributed by atoms with van der Waals surface area (Å²) in [5.74, 6) is 0.520. The molecule has 1 amide bonds. The van der Waals surface area contributed by atoms with E-state index < -0.39 is 0 Å². The molecule has 0 bridgehead atoms. The molecule has 1 aromatic heterocycles. The molecule has 0 fully saturated rings. The van der Waals surface area contributed by atoms with Crippen molar-refractivity contribution in [1.82, 2.24) is 9.55 Å². The van der Waals surface area contributed by atoms with Crippen molar-refractivity contribution >= 4 is 39.3 Å². The Kier molecular flexibility index (Phi) is 4.87. The minimum absolute atomic E-state index is 0.133. The SMILES string of the molecule is Cn1c(-c2ccc(Br)cc2)cnc1SCC(=O)N1CCc2ccccc21. The van der Waals surface area contributed by atoms with Gasteiger partial charge in [0.2, 0.25) is 5.91 Å². The van der Waals surface area contributed by atoms with Crippen LogP contribution in [0.4, 0.5) is 5.69 Å². The van der Waals surface area contributed by atoms with Crippen LogP contribution in [0.2, 0.25) is 0 Å². The minimum atomic E-state index is 0.133. The minimum Gasteiger partial charge on any atom is -0.322 e. The van der Waals surface area contributed by atoms with Crippen LogP contribution < -0.4 is 4.90 Å². The van der Waals surface area contributed by atoms with Gasteiger partial charge in [0.25, 0.3) is 0 Å². The third-order valence-corrected chi connectivity index (χ3v) is 6.16. The van der Waals surface area contributed by atoms with Crippen LogP contribution in [0, 0.1) is 0 Å². The average molecular weight is 428 g/mol. The number of benzene rings is 2. The van der Waals surface area contributed by atoms with E-state index in [0.717, 1.165) is 39.5 Å². The van der Waals surface area contributed by atoms with Gasteiger partial charge < -0.3 is 9.47 Å². The highest BCUT2D eigenvalue weighted by molar-refractivity contribution is 9.10. The van der Waals surface area contributed by atoms with Gasteiger partial charge in [-0.05, 0) is 35.7 Å². The first-order valence-corrected chi connectivity index (χ1v) is 10.2. The van der Waals surface area contributed by atoms with Gasteiger partial charge in [-0.2, -0.15) is 0 Å². The number of fused-ring (bicyclic) bond motifs is 1. The molecule has 0 spiro atoms. The van der Waals surface area contributed by atoms with Crippen LogP contribution in [0.1, 0.15) is 5.56 Å². The van der Waals surface area contributed by atoms with Crippen LogP contribution in [-0.4, -0.2) is 27.8 Å². The number of hydrogen-bond donors (Lipinski definition) is 0. The second kappa shape index (κ2) is 7.29. The second-order valence-corrected chi connectivity index (χ2v) is 8.06. The van der Waals surface area contributed by atoms with Gasteiger partial charge in [0.15, 0.2) is 5.16 Å². The predicted molar refractivity (Wildman–Crippen MR) is 110 cm³/mol. The molecule has 1 aliphatic heterocycles. The Balaban J connectivity index is 1.46. The van der Waals surface area contributed by atoms with Gasteiger partial charge in [0.05, 0.1) is 17.6 Å². The van der Waals surface area contributed by atoms with E-state index in [9.17, 15) is 4.79 Å². The van der Waals surface area contributed by atoms with Crippen molar-refractivity contribution in [1.29, 1.82) is 0 Å². The first-order valence-electron chi connectivity index (χ1n) is 8.42. The Morgan fingerprint density at radius 3 is 2.77 bits per heavy atom. The standard InChI is InChI=1S/C20H18BrN3OS/c1-23-18(15-6-8-16(21)9-7-15)12-22-20(23)26-13-19(25)24-11-10-14-4-2-3-5-17(14)24/h2-9,12H,10-11,13H2,1H3. The van der Waals surface area contributed by atoms with Crippen LogP contribution in [0.5, 0.6) is 0 Å². The lowest BCUT2D eigenvalue weighted by Gasteiger charge is -2.17. The van der Waals surface area contributed by atoms with Gasteiger partial charge in [0.1, 0.15) is 0 Å². The van der Waals surface area contributed by atoms with Crippen LogP contribution in [0.15, 0.2) is 64.4 Å². The van der Waals surface area contributed by atoms with Crippen LogP contribution in [0.3, 0.4) is 0 Å². The van der Waals surface area contributed by atoms with E-state index in [-0.39, 0.29) is 5.91 Å². The topological polar surface area (TPSA) is 38.1 Å². The Bertz CT molecular complexity index is 952. The molecule has 4 nitrogen and oxygen atoms in total. The summed E-state index contributed by atoms with van der Waals surface area (Å²) < 4.78 is 3.09. The van der Waals surface area contributed by atoms with Gasteiger partial charge in [-0.1, -0.05) is 58.0 Å². The number of para-hydroxylation sites is 1. The van der Waals surface area contributed by atoms with Crippen molar-refractivity contribution in [2.75, 3.05) is 17.2 Å². The van der Waals surface area contributed by atoms with Crippen molar-refractivity contribution in [2.45, 2.75) is 11.6 Å². The maximum Gasteiger partial charge on any atom is 0.237 e. The quantitative estimate of drug-likeness (QED) is 0.573. The number of carbonyl (C=O) groups is 1. The largest absolute Gasteiger partial charge is 0.322 e. The summed E-state index contributed by atoms with van der Waals surface area (Å²) in [7, 11) is 1.99. The average Bonchev–Trinajstić information content (AvgIpc) is 3.24. The Morgan fingerprint density at radius 1 is 1.19 bits per heavy atom. The smallest absolute Gasteiger partial charge is 0.237 e. The molecule has 4 rings (SSSR count). The van der Waals surface area contributed by atoms with Crippen LogP contribution in [-0.2, 0) is 18.3 Å². The van der Waals surface area contributed by atoms with Crippen LogP contribution >= 0.6 is 27.7 Å². The molecule has 0 unspecified atom stereocenters. The van der Waals surface area contributed by atoms with E-state index in [1.54, 1.807) is 0 Å². The number of halogens is 1. The summed E-state index contributed by atoms with van der Waals surface area (Å²) in [4.78, 5) is 19.1. The van der Waals surface area contributed by atoms with E-state index >= 15 is 0 Å². The van der Waals surface area contributed by atoms with E-state index in [4.69, 9.17) is 0 Å². The first kappa shape index (κ1) is 17.4. The number of amides is 1. The van der Waals surface area contributed by atoms with Crippen molar-refractivity contribution in [3.05, 3.63) is 64.8 Å². The monoisotopic (exact) mass is 427 g/mol.